The zero-order valence-electron chi connectivity index (χ0n) is 19.9. The molecule has 4 aromatic rings. The molecule has 0 aromatic heterocycles. The zero-order chi connectivity index (χ0) is 23.0. The zero-order valence-corrected chi connectivity index (χ0v) is 23.9. The van der Waals surface area contributed by atoms with E-state index in [1.165, 1.54) is 71.9 Å². The van der Waals surface area contributed by atoms with Crippen LogP contribution in [0.4, 0.5) is 0 Å². The van der Waals surface area contributed by atoms with Crippen LogP contribution in [0.3, 0.4) is 0 Å². The summed E-state index contributed by atoms with van der Waals surface area (Å²) < 4.78 is 1.42. The maximum atomic E-state index is 3.58. The Hall–Kier alpha value is -2.31. The molecule has 0 spiro atoms. The summed E-state index contributed by atoms with van der Waals surface area (Å²) in [5.41, 5.74) is 10.6. The van der Waals surface area contributed by atoms with E-state index in [0.717, 1.165) is 6.42 Å². The Bertz CT molecular complexity index is 1260. The summed E-state index contributed by atoms with van der Waals surface area (Å²) in [4.78, 5) is 0. The van der Waals surface area contributed by atoms with Crippen molar-refractivity contribution in [3.05, 3.63) is 149 Å². The van der Waals surface area contributed by atoms with E-state index in [1.54, 1.807) is 0 Å². The monoisotopic (exact) mass is 571 g/mol. The van der Waals surface area contributed by atoms with E-state index in [2.05, 4.69) is 122 Å². The molecular weight excluding hydrogens is 546 g/mol. The van der Waals surface area contributed by atoms with E-state index in [1.807, 2.05) is 13.0 Å². The van der Waals surface area contributed by atoms with Crippen molar-refractivity contribution in [1.82, 2.24) is 0 Å². The first-order chi connectivity index (χ1) is 16.2. The third kappa shape index (κ3) is 7.34. The van der Waals surface area contributed by atoms with E-state index >= 15 is 0 Å². The summed E-state index contributed by atoms with van der Waals surface area (Å²) >= 11 is 1.46. The second kappa shape index (κ2) is 14.3. The van der Waals surface area contributed by atoms with Gasteiger partial charge in [-0.05, 0) is 18.9 Å². The first-order valence-corrected chi connectivity index (χ1v) is 12.5. The Morgan fingerprint density at radius 3 is 1.94 bits per heavy atom. The number of allylic oxidation sites excluding steroid dienone is 3. The fourth-order valence-electron chi connectivity index (χ4n) is 4.03. The van der Waals surface area contributed by atoms with Gasteiger partial charge in [-0.3, -0.25) is 0 Å². The molecule has 0 aliphatic heterocycles. The second-order valence-corrected chi connectivity index (χ2v) is 9.31. The minimum atomic E-state index is 0. The Morgan fingerprint density at radius 1 is 0.771 bits per heavy atom. The van der Waals surface area contributed by atoms with E-state index in [9.17, 15) is 0 Å². The van der Waals surface area contributed by atoms with Crippen LogP contribution in [-0.4, -0.2) is 3.21 Å². The molecule has 1 aliphatic carbocycles. The van der Waals surface area contributed by atoms with E-state index in [4.69, 9.17) is 0 Å². The standard InChI is InChI=1S/C19H17.C13H10.2ClH.Zr/c1-3-4-5-8-15-12-17-13-16-9-6-7-10-18(16)19(17)11-14(15)2;1-3-7-12(8-4-1)11-13-9-5-2-6-10-13;;;/h3-11H,13H2,1-2H3;1-10H;2*1H;/q-1;;;;+2/p-2. The van der Waals surface area contributed by atoms with Gasteiger partial charge in [0.1, 0.15) is 0 Å². The summed E-state index contributed by atoms with van der Waals surface area (Å²) in [6.07, 6.45) is 9.31. The molecule has 0 fully saturated rings. The normalized spacial score (nSPS) is 11.1. The average molecular weight is 574 g/mol. The number of halogens is 2. The minimum absolute atomic E-state index is 0. The van der Waals surface area contributed by atoms with Crippen molar-refractivity contribution in [2.24, 2.45) is 0 Å². The third-order valence-corrected chi connectivity index (χ3v) is 7.18. The SMILES string of the molecule is CC=CC=Cc1[c-]c2c(cc1C)-c1ccccc1C2.[Cl-].[Cl-].[Zr+2]=[C](c1ccccc1)c1ccccc1. The molecule has 0 amide bonds. The van der Waals surface area contributed by atoms with Crippen LogP contribution in [0.25, 0.3) is 17.2 Å². The van der Waals surface area contributed by atoms with Gasteiger partial charge in [0.25, 0.3) is 0 Å². The van der Waals surface area contributed by atoms with Crippen molar-refractivity contribution in [1.29, 1.82) is 0 Å². The van der Waals surface area contributed by atoms with Gasteiger partial charge in [-0.1, -0.05) is 54.5 Å². The third-order valence-electron chi connectivity index (χ3n) is 5.76. The van der Waals surface area contributed by atoms with E-state index < -0.39 is 0 Å². The number of hydrogen-bond acceptors (Lipinski definition) is 0. The van der Waals surface area contributed by atoms with E-state index in [-0.39, 0.29) is 24.8 Å². The van der Waals surface area contributed by atoms with Gasteiger partial charge in [0, 0.05) is 0 Å². The van der Waals surface area contributed by atoms with Crippen LogP contribution >= 0.6 is 0 Å². The molecule has 0 bridgehead atoms. The van der Waals surface area contributed by atoms with Crippen LogP contribution in [0.2, 0.25) is 0 Å². The van der Waals surface area contributed by atoms with Gasteiger partial charge in [-0.15, -0.1) is 41.0 Å². The van der Waals surface area contributed by atoms with Gasteiger partial charge in [0.2, 0.25) is 0 Å². The molecule has 0 nitrogen and oxygen atoms in total. The number of fused-ring (bicyclic) bond motifs is 3. The van der Waals surface area contributed by atoms with Gasteiger partial charge in [0.15, 0.2) is 0 Å². The van der Waals surface area contributed by atoms with Crippen molar-refractivity contribution in [2.45, 2.75) is 20.3 Å². The predicted molar refractivity (Wildman–Crippen MR) is 138 cm³/mol. The van der Waals surface area contributed by atoms with Crippen LogP contribution in [0.1, 0.15) is 40.3 Å². The summed E-state index contributed by atoms with van der Waals surface area (Å²) in [6, 6.07) is 35.6. The van der Waals surface area contributed by atoms with Gasteiger partial charge < -0.3 is 24.8 Å². The molecule has 3 heteroatoms. The molecule has 0 heterocycles. The van der Waals surface area contributed by atoms with Crippen LogP contribution in [0.15, 0.2) is 109 Å². The van der Waals surface area contributed by atoms with Crippen LogP contribution in [-0.2, 0) is 30.7 Å². The van der Waals surface area contributed by atoms with Crippen LogP contribution < -0.4 is 24.8 Å². The van der Waals surface area contributed by atoms with Crippen molar-refractivity contribution < 1.29 is 49.0 Å². The van der Waals surface area contributed by atoms with Gasteiger partial charge >= 0.3 is 99.2 Å². The Labute approximate surface area is 237 Å². The maximum absolute atomic E-state index is 3.58. The molecule has 0 N–H and O–H groups in total. The topological polar surface area (TPSA) is 0 Å². The molecule has 0 saturated carbocycles. The number of benzene rings is 4. The number of hydrogen-bond donors (Lipinski definition) is 0. The second-order valence-electron chi connectivity index (χ2n) is 8.08. The molecule has 1 aliphatic rings. The van der Waals surface area contributed by atoms with Crippen molar-refractivity contribution >= 4 is 9.28 Å². The van der Waals surface area contributed by atoms with Crippen molar-refractivity contribution in [2.75, 3.05) is 0 Å². The molecule has 0 saturated heterocycles. The predicted octanol–water partition coefficient (Wildman–Crippen LogP) is 1.77. The molecule has 174 valence electrons. The first kappa shape index (κ1) is 28.9. The Balaban J connectivity index is 0.000000243. The fourth-order valence-corrected chi connectivity index (χ4v) is 4.85. The molecule has 0 unspecified atom stereocenters. The Morgan fingerprint density at radius 2 is 1.34 bits per heavy atom. The summed E-state index contributed by atoms with van der Waals surface area (Å²) in [6.45, 7) is 4.19. The number of rotatable bonds is 4. The first-order valence-electron chi connectivity index (χ1n) is 11.3. The van der Waals surface area contributed by atoms with Crippen LogP contribution in [0, 0.1) is 13.0 Å². The molecule has 0 atom stereocenters. The van der Waals surface area contributed by atoms with Crippen LogP contribution in [0.5, 0.6) is 0 Å². The van der Waals surface area contributed by atoms with E-state index in [0.29, 0.717) is 0 Å². The molecule has 35 heavy (non-hydrogen) atoms. The fraction of sp³-hybridized carbons (Fsp3) is 0.0938. The molecular formula is C32H27Cl2Zr-. The molecule has 4 aromatic carbocycles. The van der Waals surface area contributed by atoms with Gasteiger partial charge in [-0.25, -0.2) is 0 Å². The van der Waals surface area contributed by atoms with Gasteiger partial charge in [0.05, 0.1) is 0 Å². The molecule has 0 radical (unpaired) electrons. The number of aryl methyl sites for hydroxylation is 1. The molecule has 5 rings (SSSR count). The summed E-state index contributed by atoms with van der Waals surface area (Å²) in [7, 11) is 0. The summed E-state index contributed by atoms with van der Waals surface area (Å²) in [5, 5.41) is 0. The van der Waals surface area contributed by atoms with Crippen molar-refractivity contribution in [3.8, 4) is 11.1 Å². The Kier molecular flexibility index (Phi) is 11.8. The van der Waals surface area contributed by atoms with Crippen molar-refractivity contribution in [3.63, 3.8) is 0 Å². The average Bonchev–Trinajstić information content (AvgIpc) is 3.22. The quantitative estimate of drug-likeness (QED) is 0.227. The summed E-state index contributed by atoms with van der Waals surface area (Å²) in [5.74, 6) is 0. The van der Waals surface area contributed by atoms with Gasteiger partial charge in [-0.2, -0.15) is 0 Å².